The van der Waals surface area contributed by atoms with E-state index in [1.807, 2.05) is 0 Å². The van der Waals surface area contributed by atoms with E-state index in [1.165, 1.54) is 0 Å². The molecule has 0 bridgehead atoms. The summed E-state index contributed by atoms with van der Waals surface area (Å²) in [5.41, 5.74) is 9.14. The van der Waals surface area contributed by atoms with Crippen molar-refractivity contribution in [1.29, 1.82) is 10.7 Å². The Balaban J connectivity index is 2.13. The van der Waals surface area contributed by atoms with E-state index in [9.17, 15) is 0 Å². The van der Waals surface area contributed by atoms with Gasteiger partial charge in [-0.2, -0.15) is 10.4 Å². The number of nitrogens with two attached hydrogens (primary N) is 1. The van der Waals surface area contributed by atoms with Gasteiger partial charge in [0.2, 0.25) is 10.4 Å². The molecular weight excluding hydrogens is 324 g/mol. The molecule has 0 atom stereocenters. The standard InChI is InChI=1S/C11H9BrN8/c12-11-16-6-20(19-11)8-3-1-7(2-4-8)17-18-9(5-13)10(14)15/h1-4,6,17H,(H3,14,15)/b18-9+. The molecule has 100 valence electrons. The molecule has 0 spiro atoms. The van der Waals surface area contributed by atoms with Gasteiger partial charge in [-0.25, -0.2) is 9.67 Å². The van der Waals surface area contributed by atoms with Crippen molar-refractivity contribution in [2.45, 2.75) is 0 Å². The summed E-state index contributed by atoms with van der Waals surface area (Å²) in [6.45, 7) is 0. The fourth-order valence-electron chi connectivity index (χ4n) is 1.32. The monoisotopic (exact) mass is 332 g/mol. The maximum atomic E-state index is 8.70. The average Bonchev–Trinajstić information content (AvgIpc) is 2.86. The van der Waals surface area contributed by atoms with E-state index in [1.54, 1.807) is 41.3 Å². The van der Waals surface area contributed by atoms with E-state index >= 15 is 0 Å². The molecule has 0 amide bonds. The van der Waals surface area contributed by atoms with Gasteiger partial charge in [0.15, 0.2) is 5.84 Å². The van der Waals surface area contributed by atoms with Crippen LogP contribution < -0.4 is 11.2 Å². The van der Waals surface area contributed by atoms with Crippen molar-refractivity contribution in [3.05, 3.63) is 35.3 Å². The molecule has 1 heterocycles. The predicted molar refractivity (Wildman–Crippen MR) is 77.6 cm³/mol. The van der Waals surface area contributed by atoms with E-state index in [-0.39, 0.29) is 11.5 Å². The molecule has 2 rings (SSSR count). The van der Waals surface area contributed by atoms with Crippen molar-refractivity contribution in [2.75, 3.05) is 5.43 Å². The summed E-state index contributed by atoms with van der Waals surface area (Å²) in [4.78, 5) is 3.96. The number of halogens is 1. The van der Waals surface area contributed by atoms with Gasteiger partial charge in [0.05, 0.1) is 11.4 Å². The molecule has 0 aliphatic carbocycles. The summed E-state index contributed by atoms with van der Waals surface area (Å²) < 4.78 is 2.11. The molecule has 1 aromatic heterocycles. The molecule has 2 aromatic rings. The molecule has 1 aromatic carbocycles. The van der Waals surface area contributed by atoms with E-state index < -0.39 is 0 Å². The van der Waals surface area contributed by atoms with Crippen LogP contribution >= 0.6 is 15.9 Å². The molecular formula is C11H9BrN8. The fraction of sp³-hybridized carbons (Fsp3) is 0. The van der Waals surface area contributed by atoms with Gasteiger partial charge in [-0.1, -0.05) is 0 Å². The summed E-state index contributed by atoms with van der Waals surface area (Å²) in [5.74, 6) is -0.385. The minimum Gasteiger partial charge on any atom is -0.382 e. The second kappa shape index (κ2) is 5.94. The smallest absolute Gasteiger partial charge is 0.217 e. The van der Waals surface area contributed by atoms with Gasteiger partial charge in [-0.05, 0) is 40.2 Å². The molecule has 0 unspecified atom stereocenters. The molecule has 8 nitrogen and oxygen atoms in total. The Labute approximate surface area is 122 Å². The highest BCUT2D eigenvalue weighted by Crippen LogP contribution is 2.13. The van der Waals surface area contributed by atoms with Gasteiger partial charge < -0.3 is 5.73 Å². The number of nitriles is 1. The van der Waals surface area contributed by atoms with Gasteiger partial charge in [-0.3, -0.25) is 10.8 Å². The number of anilines is 1. The molecule has 0 aliphatic heterocycles. The van der Waals surface area contributed by atoms with Crippen molar-refractivity contribution in [1.82, 2.24) is 14.8 Å². The Kier molecular flexibility index (Phi) is 4.07. The Hall–Kier alpha value is -2.73. The molecule has 0 radical (unpaired) electrons. The highest BCUT2D eigenvalue weighted by Gasteiger charge is 2.02. The average molecular weight is 333 g/mol. The lowest BCUT2D eigenvalue weighted by Crippen LogP contribution is -2.21. The summed E-state index contributed by atoms with van der Waals surface area (Å²) in [6, 6.07) is 8.84. The van der Waals surface area contributed by atoms with Crippen LogP contribution in [0.3, 0.4) is 0 Å². The van der Waals surface area contributed by atoms with Crippen LogP contribution in [-0.4, -0.2) is 26.3 Å². The Morgan fingerprint density at radius 1 is 1.45 bits per heavy atom. The van der Waals surface area contributed by atoms with Gasteiger partial charge in [0, 0.05) is 0 Å². The number of amidine groups is 1. The molecule has 0 fully saturated rings. The summed E-state index contributed by atoms with van der Waals surface area (Å²) in [6.07, 6.45) is 1.58. The molecule has 9 heteroatoms. The minimum absolute atomic E-state index is 0.172. The van der Waals surface area contributed by atoms with Crippen LogP contribution in [0.2, 0.25) is 0 Å². The first-order valence-electron chi connectivity index (χ1n) is 5.36. The topological polar surface area (TPSA) is 129 Å². The Morgan fingerprint density at radius 2 is 2.15 bits per heavy atom. The van der Waals surface area contributed by atoms with Crippen molar-refractivity contribution in [3.8, 4) is 11.8 Å². The maximum absolute atomic E-state index is 8.70. The molecule has 0 saturated carbocycles. The predicted octanol–water partition coefficient (Wildman–Crippen LogP) is 1.26. The second-order valence-electron chi connectivity index (χ2n) is 3.60. The number of hydrogen-bond acceptors (Lipinski definition) is 6. The Morgan fingerprint density at radius 3 is 2.65 bits per heavy atom. The number of hydrogen-bond donors (Lipinski definition) is 3. The first-order chi connectivity index (χ1) is 9.60. The molecule has 0 saturated heterocycles. The van der Waals surface area contributed by atoms with Crippen molar-refractivity contribution in [3.63, 3.8) is 0 Å². The fourth-order valence-corrected chi connectivity index (χ4v) is 1.58. The second-order valence-corrected chi connectivity index (χ2v) is 4.31. The van der Waals surface area contributed by atoms with E-state index in [2.05, 4.69) is 36.5 Å². The lowest BCUT2D eigenvalue weighted by atomic mass is 10.3. The van der Waals surface area contributed by atoms with Crippen LogP contribution in [0.4, 0.5) is 5.69 Å². The van der Waals surface area contributed by atoms with Gasteiger partial charge >= 0.3 is 0 Å². The van der Waals surface area contributed by atoms with Crippen molar-refractivity contribution < 1.29 is 0 Å². The zero-order valence-electron chi connectivity index (χ0n) is 10.1. The van der Waals surface area contributed by atoms with Crippen LogP contribution in [0.25, 0.3) is 5.69 Å². The molecule has 4 N–H and O–H groups in total. The van der Waals surface area contributed by atoms with Crippen LogP contribution in [0, 0.1) is 16.7 Å². The highest BCUT2D eigenvalue weighted by atomic mass is 79.9. The molecule has 0 aliphatic rings. The summed E-state index contributed by atoms with van der Waals surface area (Å²) in [5, 5.41) is 23.7. The van der Waals surface area contributed by atoms with Crippen molar-refractivity contribution >= 4 is 33.2 Å². The summed E-state index contributed by atoms with van der Waals surface area (Å²) in [7, 11) is 0. The summed E-state index contributed by atoms with van der Waals surface area (Å²) >= 11 is 3.17. The number of nitrogens with zero attached hydrogens (tertiary/aromatic N) is 5. The number of benzene rings is 1. The Bertz CT molecular complexity index is 694. The van der Waals surface area contributed by atoms with E-state index in [4.69, 9.17) is 16.4 Å². The zero-order valence-corrected chi connectivity index (χ0v) is 11.7. The largest absolute Gasteiger partial charge is 0.382 e. The first-order valence-corrected chi connectivity index (χ1v) is 6.15. The lowest BCUT2D eigenvalue weighted by Gasteiger charge is -2.03. The third-order valence-corrected chi connectivity index (χ3v) is 2.62. The van der Waals surface area contributed by atoms with Gasteiger partial charge in [0.1, 0.15) is 12.4 Å². The maximum Gasteiger partial charge on any atom is 0.217 e. The number of rotatable bonds is 4. The minimum atomic E-state index is -0.385. The first kappa shape index (κ1) is 13.7. The quantitative estimate of drug-likeness (QED) is 0.441. The number of nitrogens with one attached hydrogen (secondary N) is 2. The van der Waals surface area contributed by atoms with Gasteiger partial charge in [-0.15, -0.1) is 5.10 Å². The highest BCUT2D eigenvalue weighted by molar-refractivity contribution is 9.10. The third-order valence-electron chi connectivity index (χ3n) is 2.25. The number of hydrazone groups is 1. The van der Waals surface area contributed by atoms with Crippen LogP contribution in [0.5, 0.6) is 0 Å². The number of aromatic nitrogens is 3. The van der Waals surface area contributed by atoms with Crippen LogP contribution in [0.1, 0.15) is 0 Å². The van der Waals surface area contributed by atoms with Crippen LogP contribution in [0.15, 0.2) is 40.4 Å². The van der Waals surface area contributed by atoms with Crippen LogP contribution in [-0.2, 0) is 0 Å². The van der Waals surface area contributed by atoms with E-state index in [0.29, 0.717) is 10.4 Å². The van der Waals surface area contributed by atoms with E-state index in [0.717, 1.165) is 5.69 Å². The van der Waals surface area contributed by atoms with Crippen molar-refractivity contribution in [2.24, 2.45) is 10.8 Å². The SMILES string of the molecule is N#C/C(=N\Nc1ccc(-n2cnc(Br)n2)cc1)C(=N)N. The third kappa shape index (κ3) is 3.18. The zero-order chi connectivity index (χ0) is 14.5. The molecule has 20 heavy (non-hydrogen) atoms. The normalized spacial score (nSPS) is 10.9. The lowest BCUT2D eigenvalue weighted by molar-refractivity contribution is 0.870. The van der Waals surface area contributed by atoms with Gasteiger partial charge in [0.25, 0.3) is 0 Å².